The lowest BCUT2D eigenvalue weighted by atomic mass is 10.1. The van der Waals surface area contributed by atoms with Crippen LogP contribution in [0.4, 0.5) is 0 Å². The highest BCUT2D eigenvalue weighted by atomic mass is 79.9. The van der Waals surface area contributed by atoms with Crippen LogP contribution in [0.15, 0.2) is 40.9 Å². The molecule has 2 aromatic carbocycles. The molecule has 0 aliphatic heterocycles. The lowest BCUT2D eigenvalue weighted by Gasteiger charge is -2.10. The van der Waals surface area contributed by atoms with Gasteiger partial charge in [0.05, 0.1) is 16.6 Å². The molecule has 4 heteroatoms. The van der Waals surface area contributed by atoms with E-state index in [9.17, 15) is 0 Å². The second kappa shape index (κ2) is 5.87. The number of halogens is 1. The summed E-state index contributed by atoms with van der Waals surface area (Å²) in [6.07, 6.45) is 0. The highest BCUT2D eigenvalue weighted by Gasteiger charge is 2.08. The molecule has 0 saturated heterocycles. The van der Waals surface area contributed by atoms with E-state index in [0.29, 0.717) is 22.6 Å². The van der Waals surface area contributed by atoms with E-state index < -0.39 is 0 Å². The first-order valence-electron chi connectivity index (χ1n) is 5.72. The van der Waals surface area contributed by atoms with E-state index in [1.807, 2.05) is 25.1 Å². The molecule has 0 spiro atoms. The molecule has 0 saturated carbocycles. The molecule has 0 unspecified atom stereocenters. The van der Waals surface area contributed by atoms with Crippen LogP contribution >= 0.6 is 15.9 Å². The monoisotopic (exact) mass is 317 g/mol. The molecule has 2 rings (SSSR count). The Morgan fingerprint density at radius 1 is 1.21 bits per heavy atom. The Morgan fingerprint density at radius 3 is 2.58 bits per heavy atom. The summed E-state index contributed by atoms with van der Waals surface area (Å²) in [4.78, 5) is 0. The third kappa shape index (κ3) is 3.14. The number of benzene rings is 2. The van der Waals surface area contributed by atoms with Crippen LogP contribution in [0.1, 0.15) is 16.7 Å². The maximum Gasteiger partial charge on any atom is 0.145 e. The first-order chi connectivity index (χ1) is 9.13. The van der Waals surface area contributed by atoms with Gasteiger partial charge < -0.3 is 9.84 Å². The Balaban J connectivity index is 2.35. The number of aliphatic hydroxyl groups excluding tert-OH is 1. The molecule has 0 aliphatic rings. The Hall–Kier alpha value is -1.83. The SMILES string of the molecule is Cc1ccc(Oc2ccc(CO)cc2C#N)c(Br)c1. The van der Waals surface area contributed by atoms with Crippen molar-refractivity contribution in [2.24, 2.45) is 0 Å². The van der Waals surface area contributed by atoms with Crippen molar-refractivity contribution >= 4 is 15.9 Å². The van der Waals surface area contributed by atoms with Gasteiger partial charge in [0.25, 0.3) is 0 Å². The summed E-state index contributed by atoms with van der Waals surface area (Å²) in [6.45, 7) is 1.90. The van der Waals surface area contributed by atoms with Crippen molar-refractivity contribution < 1.29 is 9.84 Å². The van der Waals surface area contributed by atoms with Crippen LogP contribution in [0.3, 0.4) is 0 Å². The van der Waals surface area contributed by atoms with Gasteiger partial charge in [-0.05, 0) is 58.2 Å². The summed E-state index contributed by atoms with van der Waals surface area (Å²) in [5, 5.41) is 18.2. The third-order valence-corrected chi connectivity index (χ3v) is 3.27. The van der Waals surface area contributed by atoms with Crippen LogP contribution < -0.4 is 4.74 Å². The molecule has 0 fully saturated rings. The Bertz CT molecular complexity index is 647. The summed E-state index contributed by atoms with van der Waals surface area (Å²) in [5.74, 6) is 1.13. The quantitative estimate of drug-likeness (QED) is 0.933. The summed E-state index contributed by atoms with van der Waals surface area (Å²) in [6, 6.07) is 12.9. The van der Waals surface area contributed by atoms with Gasteiger partial charge in [-0.25, -0.2) is 0 Å². The molecule has 1 N–H and O–H groups in total. The topological polar surface area (TPSA) is 53.2 Å². The average Bonchev–Trinajstić information content (AvgIpc) is 2.42. The van der Waals surface area contributed by atoms with Gasteiger partial charge in [0.1, 0.15) is 17.6 Å². The molecular weight excluding hydrogens is 306 g/mol. The lowest BCUT2D eigenvalue weighted by Crippen LogP contribution is -1.92. The number of rotatable bonds is 3. The highest BCUT2D eigenvalue weighted by Crippen LogP contribution is 2.32. The molecule has 0 bridgehead atoms. The first kappa shape index (κ1) is 13.6. The Kier molecular flexibility index (Phi) is 4.20. The van der Waals surface area contributed by atoms with E-state index in [0.717, 1.165) is 10.0 Å². The molecule has 0 aliphatic carbocycles. The van der Waals surface area contributed by atoms with Crippen molar-refractivity contribution in [2.45, 2.75) is 13.5 Å². The zero-order valence-corrected chi connectivity index (χ0v) is 11.9. The van der Waals surface area contributed by atoms with Crippen LogP contribution in [0.5, 0.6) is 11.5 Å². The van der Waals surface area contributed by atoms with Gasteiger partial charge in [-0.15, -0.1) is 0 Å². The zero-order valence-electron chi connectivity index (χ0n) is 10.4. The zero-order chi connectivity index (χ0) is 13.8. The second-order valence-electron chi connectivity index (χ2n) is 4.14. The van der Waals surface area contributed by atoms with Crippen LogP contribution in [0.2, 0.25) is 0 Å². The fraction of sp³-hybridized carbons (Fsp3) is 0.133. The number of ether oxygens (including phenoxy) is 1. The van der Waals surface area contributed by atoms with Gasteiger partial charge in [0.15, 0.2) is 0 Å². The van der Waals surface area contributed by atoms with Crippen LogP contribution in [0, 0.1) is 18.3 Å². The summed E-state index contributed by atoms with van der Waals surface area (Å²) in [5.41, 5.74) is 2.21. The molecule has 0 heterocycles. The van der Waals surface area contributed by atoms with E-state index in [-0.39, 0.29) is 6.61 Å². The van der Waals surface area contributed by atoms with Gasteiger partial charge in [-0.2, -0.15) is 5.26 Å². The average molecular weight is 318 g/mol. The van der Waals surface area contributed by atoms with E-state index >= 15 is 0 Å². The molecular formula is C15H12BrNO2. The summed E-state index contributed by atoms with van der Waals surface area (Å²) < 4.78 is 6.57. The predicted molar refractivity (Wildman–Crippen MR) is 76.0 cm³/mol. The van der Waals surface area contributed by atoms with Crippen molar-refractivity contribution in [3.63, 3.8) is 0 Å². The van der Waals surface area contributed by atoms with Crippen LogP contribution in [0.25, 0.3) is 0 Å². The molecule has 96 valence electrons. The lowest BCUT2D eigenvalue weighted by molar-refractivity contribution is 0.281. The number of nitriles is 1. The highest BCUT2D eigenvalue weighted by molar-refractivity contribution is 9.10. The minimum Gasteiger partial charge on any atom is -0.455 e. The molecule has 3 nitrogen and oxygen atoms in total. The predicted octanol–water partition coefficient (Wildman–Crippen LogP) is 3.91. The first-order valence-corrected chi connectivity index (χ1v) is 6.51. The van der Waals surface area contributed by atoms with Crippen molar-refractivity contribution in [1.82, 2.24) is 0 Å². The van der Waals surface area contributed by atoms with Gasteiger partial charge in [0, 0.05) is 0 Å². The second-order valence-corrected chi connectivity index (χ2v) is 4.99. The van der Waals surface area contributed by atoms with Crippen LogP contribution in [-0.2, 0) is 6.61 Å². The van der Waals surface area contributed by atoms with Crippen molar-refractivity contribution in [1.29, 1.82) is 5.26 Å². The minimum atomic E-state index is -0.0941. The van der Waals surface area contributed by atoms with E-state index in [1.165, 1.54) is 0 Å². The summed E-state index contributed by atoms with van der Waals surface area (Å²) >= 11 is 3.43. The Labute approximate surface area is 120 Å². The molecule has 0 atom stereocenters. The van der Waals surface area contributed by atoms with Gasteiger partial charge >= 0.3 is 0 Å². The fourth-order valence-corrected chi connectivity index (χ4v) is 2.23. The summed E-state index contributed by atoms with van der Waals surface area (Å²) in [7, 11) is 0. The van der Waals surface area contributed by atoms with E-state index in [4.69, 9.17) is 15.1 Å². The van der Waals surface area contributed by atoms with Crippen molar-refractivity contribution in [3.8, 4) is 17.6 Å². The molecule has 2 aromatic rings. The maximum atomic E-state index is 9.11. The molecule has 0 aromatic heterocycles. The van der Waals surface area contributed by atoms with Gasteiger partial charge in [0.2, 0.25) is 0 Å². The van der Waals surface area contributed by atoms with Crippen LogP contribution in [-0.4, -0.2) is 5.11 Å². The molecule has 0 amide bonds. The Morgan fingerprint density at radius 2 is 1.95 bits per heavy atom. The van der Waals surface area contributed by atoms with Gasteiger partial charge in [-0.1, -0.05) is 12.1 Å². The third-order valence-electron chi connectivity index (χ3n) is 2.65. The number of hydrogen-bond donors (Lipinski definition) is 1. The minimum absolute atomic E-state index is 0.0941. The largest absolute Gasteiger partial charge is 0.455 e. The van der Waals surface area contributed by atoms with E-state index in [2.05, 4.69) is 22.0 Å². The van der Waals surface area contributed by atoms with E-state index in [1.54, 1.807) is 18.2 Å². The van der Waals surface area contributed by atoms with Crippen molar-refractivity contribution in [2.75, 3.05) is 0 Å². The molecule has 19 heavy (non-hydrogen) atoms. The maximum absolute atomic E-state index is 9.11. The number of hydrogen-bond acceptors (Lipinski definition) is 3. The normalized spacial score (nSPS) is 10.0. The standard InChI is InChI=1S/C15H12BrNO2/c1-10-2-4-15(13(16)6-10)19-14-5-3-11(9-18)7-12(14)8-17/h2-7,18H,9H2,1H3. The molecule has 0 radical (unpaired) electrons. The number of nitrogens with zero attached hydrogens (tertiary/aromatic N) is 1. The number of aryl methyl sites for hydroxylation is 1. The fourth-order valence-electron chi connectivity index (χ4n) is 1.66. The van der Waals surface area contributed by atoms with Crippen molar-refractivity contribution in [3.05, 3.63) is 57.6 Å². The van der Waals surface area contributed by atoms with Gasteiger partial charge in [-0.3, -0.25) is 0 Å². The smallest absolute Gasteiger partial charge is 0.145 e. The number of aliphatic hydroxyl groups is 1.